The highest BCUT2D eigenvalue weighted by Gasteiger charge is 2.35. The second-order valence-corrected chi connectivity index (χ2v) is 5.78. The maximum atomic E-state index is 7.48. The third-order valence-corrected chi connectivity index (χ3v) is 4.11. The van der Waals surface area contributed by atoms with E-state index in [-0.39, 0.29) is 11.3 Å². The van der Waals surface area contributed by atoms with Crippen LogP contribution >= 0.6 is 0 Å². The summed E-state index contributed by atoms with van der Waals surface area (Å²) in [7, 11) is 0. The summed E-state index contributed by atoms with van der Waals surface area (Å²) in [5.41, 5.74) is 20.0. The molecule has 0 bridgehead atoms. The molecule has 5 heteroatoms. The zero-order valence-corrected chi connectivity index (χ0v) is 13.8. The van der Waals surface area contributed by atoms with Crippen LogP contribution in [-0.4, -0.2) is 12.4 Å². The van der Waals surface area contributed by atoms with Crippen molar-refractivity contribution in [1.82, 2.24) is 0 Å². The Morgan fingerprint density at radius 2 is 1.83 bits per heavy atom. The van der Waals surface area contributed by atoms with Gasteiger partial charge in [-0.3, -0.25) is 5.41 Å². The molecule has 0 saturated carbocycles. The molecule has 0 atom stereocenters. The van der Waals surface area contributed by atoms with Crippen LogP contribution in [0.1, 0.15) is 25.8 Å². The summed E-state index contributed by atoms with van der Waals surface area (Å²) in [6.45, 7) is 13.0. The quantitative estimate of drug-likeness (QED) is 0.369. The fourth-order valence-electron chi connectivity index (χ4n) is 3.03. The molecule has 0 fully saturated rings. The molecule has 0 amide bonds. The third kappa shape index (κ3) is 3.39. The minimum Gasteiger partial charge on any atom is -0.388 e. The molecule has 2 rings (SSSR count). The van der Waals surface area contributed by atoms with Crippen LogP contribution in [0.5, 0.6) is 0 Å². The molecule has 0 aromatic heterocycles. The van der Waals surface area contributed by atoms with Crippen molar-refractivity contribution in [1.29, 1.82) is 16.5 Å². The average Bonchev–Trinajstić information content (AvgIpc) is 2.55. The van der Waals surface area contributed by atoms with E-state index in [1.807, 2.05) is 18.2 Å². The first-order valence-corrected chi connectivity index (χ1v) is 7.38. The van der Waals surface area contributed by atoms with Crippen LogP contribution in [0.25, 0.3) is 0 Å². The van der Waals surface area contributed by atoms with Crippen molar-refractivity contribution in [2.75, 3.05) is 11.4 Å². The molecule has 122 valence electrons. The van der Waals surface area contributed by atoms with E-state index in [1.54, 1.807) is 0 Å². The Morgan fingerprint density at radius 3 is 2.35 bits per heavy atom. The number of rotatable bonds is 5. The lowest BCUT2D eigenvalue weighted by Crippen LogP contribution is -2.37. The maximum absolute atomic E-state index is 7.48. The van der Waals surface area contributed by atoms with Gasteiger partial charge in [0.15, 0.2) is 0 Å². The van der Waals surface area contributed by atoms with Crippen molar-refractivity contribution in [2.24, 2.45) is 5.73 Å². The number of hydrogen-bond donors (Lipinski definition) is 4. The van der Waals surface area contributed by atoms with Gasteiger partial charge in [0, 0.05) is 29.8 Å². The summed E-state index contributed by atoms with van der Waals surface area (Å²) in [6, 6.07) is 8.36. The van der Waals surface area contributed by atoms with E-state index in [0.29, 0.717) is 13.0 Å². The van der Waals surface area contributed by atoms with Crippen LogP contribution in [0, 0.1) is 16.5 Å². The minimum atomic E-state index is -0.116. The number of anilines is 1. The first kappa shape index (κ1) is 18.4. The van der Waals surface area contributed by atoms with E-state index >= 15 is 0 Å². The normalized spacial score (nSPS) is 15.1. The molecule has 23 heavy (non-hydrogen) atoms. The van der Waals surface area contributed by atoms with E-state index in [9.17, 15) is 0 Å². The maximum Gasteiger partial charge on any atom is 0.0923 e. The van der Waals surface area contributed by atoms with E-state index in [0.717, 1.165) is 17.0 Å². The Balaban J connectivity index is 0.00000127. The number of nitrogens with one attached hydrogen (secondary N) is 3. The number of benzene rings is 1. The van der Waals surface area contributed by atoms with E-state index in [2.05, 4.69) is 50.1 Å². The van der Waals surface area contributed by atoms with Gasteiger partial charge in [0.1, 0.15) is 0 Å². The zero-order valence-electron chi connectivity index (χ0n) is 13.8. The monoisotopic (exact) mass is 311 g/mol. The van der Waals surface area contributed by atoms with Gasteiger partial charge in [-0.25, -0.2) is 11.1 Å². The highest BCUT2D eigenvalue weighted by atomic mass is 15.2. The van der Waals surface area contributed by atoms with Crippen LogP contribution < -0.4 is 10.6 Å². The molecule has 1 aliphatic rings. The summed E-state index contributed by atoms with van der Waals surface area (Å²) >= 11 is 0. The smallest absolute Gasteiger partial charge is 0.0923 e. The number of nitrogens with zero attached hydrogens (tertiary/aromatic N) is 1. The van der Waals surface area contributed by atoms with Crippen LogP contribution in [0.4, 0.5) is 5.69 Å². The SMILES string of the molecule is C=CC1=C(C=C)C(C)(C)c2ccccc2N1CCC(=N)N.N=N. The number of hydrogen-bond acceptors (Lipinski definition) is 4. The van der Waals surface area contributed by atoms with Gasteiger partial charge in [0.25, 0.3) is 0 Å². The van der Waals surface area contributed by atoms with Crippen molar-refractivity contribution < 1.29 is 0 Å². The second kappa shape index (κ2) is 7.54. The number of nitrogens with two attached hydrogens (primary N) is 1. The zero-order chi connectivity index (χ0) is 17.6. The molecule has 0 unspecified atom stereocenters. The van der Waals surface area contributed by atoms with Gasteiger partial charge >= 0.3 is 0 Å². The topological polar surface area (TPSA) is 101 Å². The van der Waals surface area contributed by atoms with Crippen molar-refractivity contribution in [3.05, 3.63) is 66.4 Å². The molecule has 0 spiro atoms. The number of fused-ring (bicyclic) bond motifs is 1. The predicted octanol–water partition coefficient (Wildman–Crippen LogP) is 4.33. The Kier molecular flexibility index (Phi) is 6.02. The average molecular weight is 311 g/mol. The first-order chi connectivity index (χ1) is 10.9. The lowest BCUT2D eigenvalue weighted by atomic mass is 9.73. The highest BCUT2D eigenvalue weighted by molar-refractivity contribution is 5.78. The van der Waals surface area contributed by atoms with Gasteiger partial charge in [0.2, 0.25) is 0 Å². The van der Waals surface area contributed by atoms with E-state index in [4.69, 9.17) is 22.2 Å². The lowest BCUT2D eigenvalue weighted by molar-refractivity contribution is 0.613. The minimum absolute atomic E-state index is 0.116. The van der Waals surface area contributed by atoms with Crippen molar-refractivity contribution in [2.45, 2.75) is 25.7 Å². The van der Waals surface area contributed by atoms with Crippen LogP contribution in [-0.2, 0) is 5.41 Å². The van der Waals surface area contributed by atoms with E-state index in [1.165, 1.54) is 5.56 Å². The summed E-state index contributed by atoms with van der Waals surface area (Å²) in [4.78, 5) is 2.19. The summed E-state index contributed by atoms with van der Waals surface area (Å²) < 4.78 is 0. The standard InChI is InChI=1S/C18H23N3.H2N2/c1-5-13-15(6-2)21(12-11-17(19)20)16-10-8-7-9-14(16)18(13,3)4;1-2/h5-10H,1-2,11-12H2,3-4H3,(H3,19,20);1-2H. The summed E-state index contributed by atoms with van der Waals surface area (Å²) in [5, 5.41) is 7.48. The largest absolute Gasteiger partial charge is 0.388 e. The van der Waals surface area contributed by atoms with Gasteiger partial charge in [-0.05, 0) is 23.3 Å². The molecular formula is C18H25N5. The number of allylic oxidation sites excluding steroid dienone is 3. The van der Waals surface area contributed by atoms with Crippen LogP contribution in [0.2, 0.25) is 0 Å². The summed E-state index contributed by atoms with van der Waals surface area (Å²) in [5.74, 6) is 0.195. The Hall–Kier alpha value is -2.69. The molecule has 5 nitrogen and oxygen atoms in total. The molecule has 1 aliphatic heterocycles. The fourth-order valence-corrected chi connectivity index (χ4v) is 3.03. The summed E-state index contributed by atoms with van der Waals surface area (Å²) in [6.07, 6.45) is 4.30. The van der Waals surface area contributed by atoms with Crippen LogP contribution in [0.15, 0.2) is 60.8 Å². The van der Waals surface area contributed by atoms with Crippen molar-refractivity contribution in [3.8, 4) is 0 Å². The molecular weight excluding hydrogens is 286 g/mol. The van der Waals surface area contributed by atoms with Gasteiger partial charge < -0.3 is 10.6 Å². The molecule has 0 aliphatic carbocycles. The van der Waals surface area contributed by atoms with Crippen LogP contribution in [0.3, 0.4) is 0 Å². The van der Waals surface area contributed by atoms with Gasteiger partial charge in [-0.15, -0.1) is 0 Å². The molecule has 5 N–H and O–H groups in total. The Morgan fingerprint density at radius 1 is 1.22 bits per heavy atom. The van der Waals surface area contributed by atoms with Gasteiger partial charge in [-0.1, -0.05) is 51.3 Å². The Labute approximate surface area is 138 Å². The highest BCUT2D eigenvalue weighted by Crippen LogP contribution is 2.45. The third-order valence-electron chi connectivity index (χ3n) is 4.11. The first-order valence-electron chi connectivity index (χ1n) is 7.38. The fraction of sp³-hybridized carbons (Fsp3) is 0.278. The van der Waals surface area contributed by atoms with Gasteiger partial charge in [0.05, 0.1) is 5.84 Å². The van der Waals surface area contributed by atoms with E-state index < -0.39 is 0 Å². The second-order valence-electron chi connectivity index (χ2n) is 5.78. The molecule has 0 radical (unpaired) electrons. The number of amidine groups is 1. The molecule has 0 saturated heterocycles. The predicted molar refractivity (Wildman–Crippen MR) is 96.2 cm³/mol. The van der Waals surface area contributed by atoms with Crippen molar-refractivity contribution >= 4 is 11.5 Å². The van der Waals surface area contributed by atoms with Gasteiger partial charge in [-0.2, -0.15) is 0 Å². The molecule has 1 heterocycles. The van der Waals surface area contributed by atoms with Crippen molar-refractivity contribution in [3.63, 3.8) is 0 Å². The molecule has 1 aromatic rings. The number of para-hydroxylation sites is 1. The molecule has 1 aromatic carbocycles. The lowest BCUT2D eigenvalue weighted by Gasteiger charge is -2.42. The Bertz CT molecular complexity index is 643.